The van der Waals surface area contributed by atoms with E-state index in [4.69, 9.17) is 0 Å². The number of hydrogen-bond acceptors (Lipinski definition) is 6. The van der Waals surface area contributed by atoms with E-state index >= 15 is 0 Å². The molecule has 166 valence electrons. The van der Waals surface area contributed by atoms with Crippen LogP contribution in [-0.2, 0) is 26.3 Å². The van der Waals surface area contributed by atoms with Gasteiger partial charge >= 0.3 is 6.03 Å². The van der Waals surface area contributed by atoms with Crippen molar-refractivity contribution in [2.45, 2.75) is 31.2 Å². The van der Waals surface area contributed by atoms with Crippen molar-refractivity contribution in [3.63, 3.8) is 0 Å². The fourth-order valence-corrected chi connectivity index (χ4v) is 5.41. The van der Waals surface area contributed by atoms with Gasteiger partial charge in [0.2, 0.25) is 11.8 Å². The number of nitrogens with one attached hydrogen (secondary N) is 2. The molecule has 1 aromatic carbocycles. The molecule has 2 aliphatic heterocycles. The highest BCUT2D eigenvalue weighted by Gasteiger charge is 2.55. The summed E-state index contributed by atoms with van der Waals surface area (Å²) in [5.41, 5.74) is 0.774. The van der Waals surface area contributed by atoms with E-state index in [2.05, 4.69) is 15.6 Å². The summed E-state index contributed by atoms with van der Waals surface area (Å²) in [6.07, 6.45) is 4.16. The number of aryl methyl sites for hydroxylation is 1. The van der Waals surface area contributed by atoms with Crippen LogP contribution in [-0.4, -0.2) is 58.2 Å². The molecule has 2 aromatic rings. The molecule has 9 nitrogen and oxygen atoms in total. The SMILES string of the molecule is O=C(Nc1nccs1)C1CCCN(C(=O)CN2C(=O)NC3(CCc4ccccc43)C2=O)C1. The number of aromatic nitrogens is 1. The molecule has 10 heteroatoms. The molecule has 32 heavy (non-hydrogen) atoms. The first kappa shape index (κ1) is 20.6. The molecule has 0 bridgehead atoms. The summed E-state index contributed by atoms with van der Waals surface area (Å²) < 4.78 is 0. The van der Waals surface area contributed by atoms with Gasteiger partial charge in [-0.15, -0.1) is 11.3 Å². The predicted molar refractivity (Wildman–Crippen MR) is 117 cm³/mol. The van der Waals surface area contributed by atoms with E-state index in [1.54, 1.807) is 16.5 Å². The van der Waals surface area contributed by atoms with Crippen molar-refractivity contribution in [2.24, 2.45) is 5.92 Å². The molecular weight excluding hydrogens is 430 g/mol. The van der Waals surface area contributed by atoms with Gasteiger partial charge in [-0.05, 0) is 36.8 Å². The Bertz CT molecular complexity index is 1090. The molecular formula is C22H23N5O4S. The van der Waals surface area contributed by atoms with Crippen molar-refractivity contribution in [1.82, 2.24) is 20.1 Å². The Balaban J connectivity index is 1.25. The van der Waals surface area contributed by atoms with E-state index in [1.807, 2.05) is 24.3 Å². The van der Waals surface area contributed by atoms with Gasteiger partial charge in [-0.1, -0.05) is 24.3 Å². The van der Waals surface area contributed by atoms with E-state index in [-0.39, 0.29) is 36.7 Å². The number of carbonyl (C=O) groups excluding carboxylic acids is 4. The number of carbonyl (C=O) groups is 4. The highest BCUT2D eigenvalue weighted by atomic mass is 32.1. The number of urea groups is 1. The van der Waals surface area contributed by atoms with Crippen molar-refractivity contribution in [3.05, 3.63) is 47.0 Å². The predicted octanol–water partition coefficient (Wildman–Crippen LogP) is 1.71. The monoisotopic (exact) mass is 453 g/mol. The van der Waals surface area contributed by atoms with E-state index in [0.717, 1.165) is 16.0 Å². The molecule has 5 rings (SSSR count). The van der Waals surface area contributed by atoms with Crippen molar-refractivity contribution >= 4 is 40.2 Å². The first-order chi connectivity index (χ1) is 15.5. The van der Waals surface area contributed by atoms with Crippen molar-refractivity contribution in [3.8, 4) is 0 Å². The number of fused-ring (bicyclic) bond motifs is 2. The smallest absolute Gasteiger partial charge is 0.325 e. The number of amides is 5. The lowest BCUT2D eigenvalue weighted by Crippen LogP contribution is -2.49. The average molecular weight is 454 g/mol. The Morgan fingerprint density at radius 2 is 2.12 bits per heavy atom. The summed E-state index contributed by atoms with van der Waals surface area (Å²) in [4.78, 5) is 58.1. The Morgan fingerprint density at radius 1 is 1.28 bits per heavy atom. The van der Waals surface area contributed by atoms with Gasteiger partial charge in [0.1, 0.15) is 12.1 Å². The number of benzene rings is 1. The summed E-state index contributed by atoms with van der Waals surface area (Å²) in [6, 6.07) is 7.04. The molecule has 2 N–H and O–H groups in total. The van der Waals surface area contributed by atoms with Crippen molar-refractivity contribution in [1.29, 1.82) is 0 Å². The van der Waals surface area contributed by atoms with Crippen LogP contribution in [0.5, 0.6) is 0 Å². The molecule has 1 aromatic heterocycles. The lowest BCUT2D eigenvalue weighted by atomic mass is 9.92. The number of imide groups is 1. The molecule has 3 heterocycles. The standard InChI is InChI=1S/C22H23N5O4S/c28-17(26-10-3-5-15(12-26)18(29)24-20-23-9-11-32-20)13-27-19(30)22(25-21(27)31)8-7-14-4-1-2-6-16(14)22/h1-2,4,6,9,11,15H,3,5,7-8,10,12-13H2,(H,25,31)(H,23,24,29). The van der Waals surface area contributed by atoms with Crippen LogP contribution >= 0.6 is 11.3 Å². The van der Waals surface area contributed by atoms with Crippen LogP contribution in [0.15, 0.2) is 35.8 Å². The summed E-state index contributed by atoms with van der Waals surface area (Å²) in [6.45, 7) is 0.431. The third-order valence-corrected chi connectivity index (χ3v) is 7.21. The van der Waals surface area contributed by atoms with Gasteiger partial charge in [-0.3, -0.25) is 19.3 Å². The molecule has 3 aliphatic rings. The number of nitrogens with zero attached hydrogens (tertiary/aromatic N) is 3. The molecule has 5 amide bonds. The van der Waals surface area contributed by atoms with Crippen molar-refractivity contribution in [2.75, 3.05) is 25.0 Å². The first-order valence-corrected chi connectivity index (χ1v) is 11.6. The summed E-state index contributed by atoms with van der Waals surface area (Å²) in [5.74, 6) is -1.24. The molecule has 0 radical (unpaired) electrons. The molecule has 2 unspecified atom stereocenters. The van der Waals surface area contributed by atoms with E-state index in [0.29, 0.717) is 37.4 Å². The minimum atomic E-state index is -1.08. The number of piperidine rings is 1. The van der Waals surface area contributed by atoms with Gasteiger partial charge in [0.25, 0.3) is 5.91 Å². The topological polar surface area (TPSA) is 112 Å². The van der Waals surface area contributed by atoms with Gasteiger partial charge in [0, 0.05) is 24.7 Å². The molecule has 1 aliphatic carbocycles. The second-order valence-corrected chi connectivity index (χ2v) is 9.28. The second kappa shape index (κ2) is 8.01. The number of anilines is 1. The lowest BCUT2D eigenvalue weighted by molar-refractivity contribution is -0.141. The van der Waals surface area contributed by atoms with Crippen LogP contribution < -0.4 is 10.6 Å². The zero-order chi connectivity index (χ0) is 22.3. The van der Waals surface area contributed by atoms with Gasteiger partial charge in [0.05, 0.1) is 5.92 Å². The van der Waals surface area contributed by atoms with E-state index in [9.17, 15) is 19.2 Å². The van der Waals surface area contributed by atoms with Crippen molar-refractivity contribution < 1.29 is 19.2 Å². The molecule has 2 fully saturated rings. The normalized spacial score (nSPS) is 24.6. The maximum Gasteiger partial charge on any atom is 0.325 e. The largest absolute Gasteiger partial charge is 0.340 e. The molecule has 1 spiro atoms. The maximum atomic E-state index is 13.3. The van der Waals surface area contributed by atoms with Crippen LogP contribution in [0, 0.1) is 5.92 Å². The zero-order valence-electron chi connectivity index (χ0n) is 17.4. The average Bonchev–Trinajstić information content (AvgIpc) is 3.50. The summed E-state index contributed by atoms with van der Waals surface area (Å²) >= 11 is 1.34. The van der Waals surface area contributed by atoms with E-state index in [1.165, 1.54) is 11.3 Å². The number of likely N-dealkylation sites (tertiary alicyclic amines) is 1. The Kier molecular flexibility index (Phi) is 5.16. The van der Waals surface area contributed by atoms with Gasteiger partial charge in [-0.2, -0.15) is 0 Å². The van der Waals surface area contributed by atoms with Gasteiger partial charge in [0.15, 0.2) is 5.13 Å². The Morgan fingerprint density at radius 3 is 2.94 bits per heavy atom. The Labute approximate surface area is 188 Å². The third-order valence-electron chi connectivity index (χ3n) is 6.52. The quantitative estimate of drug-likeness (QED) is 0.685. The first-order valence-electron chi connectivity index (χ1n) is 10.7. The van der Waals surface area contributed by atoms with Crippen LogP contribution in [0.4, 0.5) is 9.93 Å². The van der Waals surface area contributed by atoms with Crippen LogP contribution in [0.3, 0.4) is 0 Å². The zero-order valence-corrected chi connectivity index (χ0v) is 18.2. The fourth-order valence-electron chi connectivity index (χ4n) is 4.88. The third kappa shape index (κ3) is 3.44. The van der Waals surface area contributed by atoms with Gasteiger partial charge < -0.3 is 15.5 Å². The van der Waals surface area contributed by atoms with Crippen LogP contribution in [0.2, 0.25) is 0 Å². The Hall–Kier alpha value is -3.27. The lowest BCUT2D eigenvalue weighted by Gasteiger charge is -2.32. The fraction of sp³-hybridized carbons (Fsp3) is 0.409. The minimum absolute atomic E-state index is 0.172. The van der Waals surface area contributed by atoms with Gasteiger partial charge in [-0.25, -0.2) is 9.78 Å². The number of thiazole rings is 1. The molecule has 2 atom stereocenters. The maximum absolute atomic E-state index is 13.3. The summed E-state index contributed by atoms with van der Waals surface area (Å²) in [7, 11) is 0. The minimum Gasteiger partial charge on any atom is -0.340 e. The van der Waals surface area contributed by atoms with Crippen LogP contribution in [0.1, 0.15) is 30.4 Å². The number of rotatable bonds is 4. The van der Waals surface area contributed by atoms with E-state index < -0.39 is 11.6 Å². The molecule has 2 saturated heterocycles. The number of hydrogen-bond donors (Lipinski definition) is 2. The highest BCUT2D eigenvalue weighted by molar-refractivity contribution is 7.13. The molecule has 0 saturated carbocycles. The second-order valence-electron chi connectivity index (χ2n) is 8.39. The van der Waals surface area contributed by atoms with Crippen LogP contribution in [0.25, 0.3) is 0 Å². The highest BCUT2D eigenvalue weighted by Crippen LogP contribution is 2.41. The summed E-state index contributed by atoms with van der Waals surface area (Å²) in [5, 5.41) is 7.93.